The predicted octanol–water partition coefficient (Wildman–Crippen LogP) is 3.64. The Morgan fingerprint density at radius 1 is 1.08 bits per heavy atom. The summed E-state index contributed by atoms with van der Waals surface area (Å²) in [4.78, 5) is 17.1. The molecule has 6 heteroatoms. The molecule has 0 radical (unpaired) electrons. The third-order valence-electron chi connectivity index (χ3n) is 4.14. The summed E-state index contributed by atoms with van der Waals surface area (Å²) in [6.07, 6.45) is -0.908. The molecular formula is C18H18N4O2. The predicted molar refractivity (Wildman–Crippen MR) is 90.0 cm³/mol. The molecule has 0 spiro atoms. The summed E-state index contributed by atoms with van der Waals surface area (Å²) in [5.41, 5.74) is 10.7. The molecule has 2 aromatic carbocycles. The number of carbonyl (C=O) groups is 1. The van der Waals surface area contributed by atoms with Gasteiger partial charge in [0.05, 0.1) is 6.54 Å². The summed E-state index contributed by atoms with van der Waals surface area (Å²) in [7, 11) is 1.70. The normalized spacial score (nSPS) is 24.1. The van der Waals surface area contributed by atoms with Crippen LogP contribution in [0.2, 0.25) is 0 Å². The lowest BCUT2D eigenvalue weighted by molar-refractivity contribution is -0.131. The first-order valence-corrected chi connectivity index (χ1v) is 7.75. The van der Waals surface area contributed by atoms with Crippen molar-refractivity contribution in [1.29, 1.82) is 0 Å². The SMILES string of the molecule is CN1CC(c2ccccc2)OC(c2ccccc2)C(N=[N+]=[N-])C1=O. The lowest BCUT2D eigenvalue weighted by atomic mass is 10.0. The molecule has 3 unspecified atom stereocenters. The Bertz CT molecular complexity index is 744. The van der Waals surface area contributed by atoms with Gasteiger partial charge in [0, 0.05) is 12.0 Å². The van der Waals surface area contributed by atoms with Crippen molar-refractivity contribution in [3.63, 3.8) is 0 Å². The monoisotopic (exact) mass is 322 g/mol. The van der Waals surface area contributed by atoms with Crippen LogP contribution in [0.3, 0.4) is 0 Å². The molecule has 0 aromatic heterocycles. The van der Waals surface area contributed by atoms with Crippen LogP contribution in [0.25, 0.3) is 10.4 Å². The number of amides is 1. The molecule has 1 fully saturated rings. The van der Waals surface area contributed by atoms with Gasteiger partial charge in [-0.15, -0.1) is 0 Å². The Morgan fingerprint density at radius 3 is 2.25 bits per heavy atom. The van der Waals surface area contributed by atoms with Gasteiger partial charge in [-0.2, -0.15) is 0 Å². The van der Waals surface area contributed by atoms with Crippen molar-refractivity contribution >= 4 is 5.91 Å². The molecule has 3 atom stereocenters. The highest BCUT2D eigenvalue weighted by atomic mass is 16.5. The van der Waals surface area contributed by atoms with Crippen molar-refractivity contribution in [2.45, 2.75) is 18.2 Å². The number of benzene rings is 2. The number of nitrogens with zero attached hydrogens (tertiary/aromatic N) is 4. The molecule has 6 nitrogen and oxygen atoms in total. The summed E-state index contributed by atoms with van der Waals surface area (Å²) < 4.78 is 6.26. The van der Waals surface area contributed by atoms with Crippen LogP contribution in [0, 0.1) is 0 Å². The first-order chi connectivity index (χ1) is 11.7. The maximum absolute atomic E-state index is 12.7. The Labute approximate surface area is 140 Å². The fraction of sp³-hybridized carbons (Fsp3) is 0.278. The third-order valence-corrected chi connectivity index (χ3v) is 4.14. The number of rotatable bonds is 3. The summed E-state index contributed by atoms with van der Waals surface area (Å²) in [6, 6.07) is 18.2. The molecule has 0 saturated carbocycles. The van der Waals surface area contributed by atoms with E-state index >= 15 is 0 Å². The van der Waals surface area contributed by atoms with Gasteiger partial charge in [-0.3, -0.25) is 4.79 Å². The smallest absolute Gasteiger partial charge is 0.234 e. The molecule has 122 valence electrons. The molecule has 1 aliphatic heterocycles. The van der Waals surface area contributed by atoms with Crippen molar-refractivity contribution in [2.24, 2.45) is 5.11 Å². The average Bonchev–Trinajstić information content (AvgIpc) is 2.75. The van der Waals surface area contributed by atoms with Crippen LogP contribution in [-0.2, 0) is 9.53 Å². The molecular weight excluding hydrogens is 304 g/mol. The van der Waals surface area contributed by atoms with Crippen LogP contribution in [-0.4, -0.2) is 30.4 Å². The molecule has 0 bridgehead atoms. The van der Waals surface area contributed by atoms with E-state index in [1.165, 1.54) is 0 Å². The van der Waals surface area contributed by atoms with E-state index < -0.39 is 12.1 Å². The molecule has 3 rings (SSSR count). The molecule has 1 amide bonds. The second-order valence-corrected chi connectivity index (χ2v) is 5.74. The maximum Gasteiger partial charge on any atom is 0.234 e. The molecule has 0 N–H and O–H groups in total. The number of azide groups is 1. The average molecular weight is 322 g/mol. The van der Waals surface area contributed by atoms with Crippen molar-refractivity contribution < 1.29 is 9.53 Å². The van der Waals surface area contributed by atoms with Gasteiger partial charge in [0.25, 0.3) is 0 Å². The van der Waals surface area contributed by atoms with E-state index in [0.717, 1.165) is 11.1 Å². The van der Waals surface area contributed by atoms with E-state index in [1.54, 1.807) is 11.9 Å². The van der Waals surface area contributed by atoms with Gasteiger partial charge in [-0.25, -0.2) is 0 Å². The van der Waals surface area contributed by atoms with Crippen molar-refractivity contribution in [3.8, 4) is 0 Å². The van der Waals surface area contributed by atoms with Gasteiger partial charge >= 0.3 is 0 Å². The highest BCUT2D eigenvalue weighted by molar-refractivity contribution is 5.83. The van der Waals surface area contributed by atoms with Crippen LogP contribution in [0.15, 0.2) is 65.8 Å². The Balaban J connectivity index is 2.03. The van der Waals surface area contributed by atoms with Crippen molar-refractivity contribution in [2.75, 3.05) is 13.6 Å². The zero-order valence-corrected chi connectivity index (χ0v) is 13.3. The van der Waals surface area contributed by atoms with E-state index in [4.69, 9.17) is 10.3 Å². The van der Waals surface area contributed by atoms with Gasteiger partial charge in [0.1, 0.15) is 18.2 Å². The topological polar surface area (TPSA) is 78.3 Å². The van der Waals surface area contributed by atoms with E-state index in [0.29, 0.717) is 6.54 Å². The zero-order chi connectivity index (χ0) is 16.9. The lowest BCUT2D eigenvalue weighted by Crippen LogP contribution is -2.36. The van der Waals surface area contributed by atoms with Crippen LogP contribution in [0.1, 0.15) is 23.3 Å². The number of carbonyl (C=O) groups excluding carboxylic acids is 1. The summed E-state index contributed by atoms with van der Waals surface area (Å²) in [6.45, 7) is 0.406. The summed E-state index contributed by atoms with van der Waals surface area (Å²) in [5, 5.41) is 3.73. The van der Waals surface area contributed by atoms with Crippen LogP contribution < -0.4 is 0 Å². The largest absolute Gasteiger partial charge is 0.363 e. The highest BCUT2D eigenvalue weighted by Crippen LogP contribution is 2.34. The zero-order valence-electron chi connectivity index (χ0n) is 13.3. The van der Waals surface area contributed by atoms with Gasteiger partial charge in [-0.1, -0.05) is 65.8 Å². The Hall–Kier alpha value is -2.82. The molecule has 1 aliphatic rings. The number of hydrogen-bond donors (Lipinski definition) is 0. The maximum atomic E-state index is 12.7. The van der Waals surface area contributed by atoms with Crippen molar-refractivity contribution in [1.82, 2.24) is 4.90 Å². The number of likely N-dealkylation sites (N-methyl/N-ethyl adjacent to an activating group) is 1. The van der Waals surface area contributed by atoms with Crippen LogP contribution in [0.4, 0.5) is 0 Å². The van der Waals surface area contributed by atoms with Crippen LogP contribution >= 0.6 is 0 Å². The van der Waals surface area contributed by atoms with Gasteiger partial charge in [-0.05, 0) is 16.7 Å². The highest BCUT2D eigenvalue weighted by Gasteiger charge is 2.38. The first-order valence-electron chi connectivity index (χ1n) is 7.75. The third kappa shape index (κ3) is 3.25. The quantitative estimate of drug-likeness (QED) is 0.491. The van der Waals surface area contributed by atoms with E-state index in [9.17, 15) is 4.79 Å². The fourth-order valence-corrected chi connectivity index (χ4v) is 2.91. The number of hydrogen-bond acceptors (Lipinski definition) is 3. The summed E-state index contributed by atoms with van der Waals surface area (Å²) in [5.74, 6) is -0.236. The Morgan fingerprint density at radius 2 is 1.67 bits per heavy atom. The molecule has 24 heavy (non-hydrogen) atoms. The fourth-order valence-electron chi connectivity index (χ4n) is 2.91. The van der Waals surface area contributed by atoms with Crippen LogP contribution in [0.5, 0.6) is 0 Å². The van der Waals surface area contributed by atoms with E-state index in [1.807, 2.05) is 60.7 Å². The lowest BCUT2D eigenvalue weighted by Gasteiger charge is -2.24. The van der Waals surface area contributed by atoms with Gasteiger partial charge in [0.15, 0.2) is 0 Å². The molecule has 2 aromatic rings. The van der Waals surface area contributed by atoms with Gasteiger partial charge in [0.2, 0.25) is 5.91 Å². The molecule has 1 heterocycles. The first kappa shape index (κ1) is 16.1. The molecule has 1 saturated heterocycles. The number of ether oxygens (including phenoxy) is 1. The minimum atomic E-state index is -0.920. The minimum Gasteiger partial charge on any atom is -0.363 e. The van der Waals surface area contributed by atoms with Gasteiger partial charge < -0.3 is 9.64 Å². The second kappa shape index (κ2) is 7.17. The van der Waals surface area contributed by atoms with E-state index in [2.05, 4.69) is 10.0 Å². The minimum absolute atomic E-state index is 0.236. The Kier molecular flexibility index (Phi) is 4.79. The van der Waals surface area contributed by atoms with E-state index in [-0.39, 0.29) is 12.0 Å². The summed E-state index contributed by atoms with van der Waals surface area (Å²) >= 11 is 0. The van der Waals surface area contributed by atoms with Crippen molar-refractivity contribution in [3.05, 3.63) is 82.2 Å². The standard InChI is InChI=1S/C18H18N4O2/c1-22-12-15(13-8-4-2-5-9-13)24-17(14-10-6-3-7-11-14)16(18(22)23)20-21-19/h2-11,15-17H,12H2,1H3. The molecule has 0 aliphatic carbocycles. The second-order valence-electron chi connectivity index (χ2n) is 5.74.